The molecule has 0 radical (unpaired) electrons. The number of carbonyl (C=O) groups is 4. The third kappa shape index (κ3) is 4.37. The van der Waals surface area contributed by atoms with Gasteiger partial charge in [0.25, 0.3) is 17.7 Å². The van der Waals surface area contributed by atoms with Crippen LogP contribution in [0.5, 0.6) is 0 Å². The average Bonchev–Trinajstić information content (AvgIpc) is 3.31. The second kappa shape index (κ2) is 8.72. The highest BCUT2D eigenvalue weighted by atomic mass is 16.5. The zero-order valence-corrected chi connectivity index (χ0v) is 16.3. The molecule has 1 aliphatic rings. The summed E-state index contributed by atoms with van der Waals surface area (Å²) in [5, 5.41) is 0. The number of imide groups is 1. The summed E-state index contributed by atoms with van der Waals surface area (Å²) >= 11 is 0. The number of rotatable bonds is 8. The lowest BCUT2D eigenvalue weighted by Crippen LogP contribution is -2.30. The molecule has 1 aliphatic heterocycles. The van der Waals surface area contributed by atoms with Gasteiger partial charge in [0.15, 0.2) is 6.61 Å². The molecule has 1 aromatic heterocycles. The Morgan fingerprint density at radius 3 is 2.59 bits per heavy atom. The molecule has 0 fully saturated rings. The molecule has 1 aromatic carbocycles. The number of esters is 1. The highest BCUT2D eigenvalue weighted by Crippen LogP contribution is 2.24. The second-order valence-corrected chi connectivity index (χ2v) is 6.78. The Morgan fingerprint density at radius 2 is 1.90 bits per heavy atom. The van der Waals surface area contributed by atoms with E-state index < -0.39 is 24.4 Å². The molecule has 0 bridgehead atoms. The quantitative estimate of drug-likeness (QED) is 0.501. The van der Waals surface area contributed by atoms with E-state index in [2.05, 4.69) is 0 Å². The van der Waals surface area contributed by atoms with Crippen molar-refractivity contribution in [1.82, 2.24) is 9.80 Å². The highest BCUT2D eigenvalue weighted by Gasteiger charge is 2.35. The Morgan fingerprint density at radius 1 is 1.14 bits per heavy atom. The predicted octanol–water partition coefficient (Wildman–Crippen LogP) is 2.49. The van der Waals surface area contributed by atoms with Crippen molar-refractivity contribution in [2.75, 3.05) is 20.2 Å². The number of hydrogen-bond acceptors (Lipinski definition) is 6. The SMILES string of the molecule is CCCCN1C(=O)c2ccc(C(=O)OCC(=O)N(C)Cc3ccco3)cc2C1=O. The van der Waals surface area contributed by atoms with Gasteiger partial charge in [-0.15, -0.1) is 0 Å². The average molecular weight is 398 g/mol. The zero-order valence-electron chi connectivity index (χ0n) is 16.3. The Kier molecular flexibility index (Phi) is 6.11. The van der Waals surface area contributed by atoms with Gasteiger partial charge in [0.05, 0.1) is 29.5 Å². The van der Waals surface area contributed by atoms with Crippen LogP contribution in [0.2, 0.25) is 0 Å². The standard InChI is InChI=1S/C21H22N2O6/c1-3-4-9-23-19(25)16-8-7-14(11-17(16)20(23)26)21(27)29-13-18(24)22(2)12-15-6-5-10-28-15/h5-8,10-11H,3-4,9,12-13H2,1-2H3. The van der Waals surface area contributed by atoms with Crippen LogP contribution in [0.15, 0.2) is 41.0 Å². The summed E-state index contributed by atoms with van der Waals surface area (Å²) in [5.41, 5.74) is 0.572. The summed E-state index contributed by atoms with van der Waals surface area (Å²) < 4.78 is 10.3. The van der Waals surface area contributed by atoms with Gasteiger partial charge >= 0.3 is 5.97 Å². The summed E-state index contributed by atoms with van der Waals surface area (Å²) in [6, 6.07) is 7.68. The van der Waals surface area contributed by atoms with Crippen molar-refractivity contribution in [2.24, 2.45) is 0 Å². The highest BCUT2D eigenvalue weighted by molar-refractivity contribution is 6.21. The van der Waals surface area contributed by atoms with Gasteiger partial charge in [0.2, 0.25) is 0 Å². The minimum absolute atomic E-state index is 0.115. The minimum Gasteiger partial charge on any atom is -0.467 e. The molecule has 152 valence electrons. The molecule has 29 heavy (non-hydrogen) atoms. The minimum atomic E-state index is -0.736. The van der Waals surface area contributed by atoms with Crippen LogP contribution in [0.1, 0.15) is 56.6 Å². The summed E-state index contributed by atoms with van der Waals surface area (Å²) in [4.78, 5) is 51.8. The van der Waals surface area contributed by atoms with Crippen molar-refractivity contribution in [3.8, 4) is 0 Å². The molecule has 0 unspecified atom stereocenters. The van der Waals surface area contributed by atoms with Gasteiger partial charge in [-0.1, -0.05) is 13.3 Å². The van der Waals surface area contributed by atoms with Gasteiger partial charge in [-0.3, -0.25) is 19.3 Å². The van der Waals surface area contributed by atoms with Crippen LogP contribution in [-0.4, -0.2) is 53.7 Å². The molecule has 0 saturated carbocycles. The lowest BCUT2D eigenvalue weighted by molar-refractivity contribution is -0.133. The summed E-state index contributed by atoms with van der Waals surface area (Å²) in [6.07, 6.45) is 3.08. The van der Waals surface area contributed by atoms with Crippen LogP contribution in [0.4, 0.5) is 0 Å². The number of amides is 3. The first kappa shape index (κ1) is 20.3. The largest absolute Gasteiger partial charge is 0.467 e. The molecule has 0 aliphatic carbocycles. The van der Waals surface area contributed by atoms with Gasteiger partial charge < -0.3 is 14.1 Å². The fraction of sp³-hybridized carbons (Fsp3) is 0.333. The van der Waals surface area contributed by atoms with Crippen molar-refractivity contribution in [3.05, 3.63) is 59.0 Å². The first-order chi connectivity index (χ1) is 13.9. The van der Waals surface area contributed by atoms with Crippen LogP contribution in [0, 0.1) is 0 Å². The van der Waals surface area contributed by atoms with Crippen molar-refractivity contribution >= 4 is 23.7 Å². The molecule has 8 heteroatoms. The van der Waals surface area contributed by atoms with E-state index in [-0.39, 0.29) is 29.1 Å². The van der Waals surface area contributed by atoms with Crippen LogP contribution in [0.3, 0.4) is 0 Å². The van der Waals surface area contributed by atoms with E-state index in [4.69, 9.17) is 9.15 Å². The Bertz CT molecular complexity index is 935. The van der Waals surface area contributed by atoms with Crippen LogP contribution in [-0.2, 0) is 16.1 Å². The van der Waals surface area contributed by atoms with Gasteiger partial charge in [-0.05, 0) is 36.8 Å². The van der Waals surface area contributed by atoms with E-state index in [9.17, 15) is 19.2 Å². The van der Waals surface area contributed by atoms with E-state index in [1.54, 1.807) is 19.2 Å². The van der Waals surface area contributed by atoms with Gasteiger partial charge in [0.1, 0.15) is 5.76 Å². The molecule has 0 atom stereocenters. The molecule has 0 spiro atoms. The summed E-state index contributed by atoms with van der Waals surface area (Å²) in [5.74, 6) is -1.29. The number of likely N-dealkylation sites (N-methyl/N-ethyl adjacent to an activating group) is 1. The lowest BCUT2D eigenvalue weighted by atomic mass is 10.1. The van der Waals surface area contributed by atoms with Crippen LogP contribution in [0.25, 0.3) is 0 Å². The normalized spacial score (nSPS) is 12.8. The number of carbonyl (C=O) groups excluding carboxylic acids is 4. The molecule has 3 amide bonds. The molecular formula is C21H22N2O6. The molecule has 3 rings (SSSR count). The predicted molar refractivity (Wildman–Crippen MR) is 102 cm³/mol. The van der Waals surface area contributed by atoms with E-state index in [1.807, 2.05) is 6.92 Å². The molecular weight excluding hydrogens is 376 g/mol. The van der Waals surface area contributed by atoms with E-state index >= 15 is 0 Å². The van der Waals surface area contributed by atoms with Crippen molar-refractivity contribution in [3.63, 3.8) is 0 Å². The zero-order chi connectivity index (χ0) is 21.0. The van der Waals surface area contributed by atoms with E-state index in [0.717, 1.165) is 6.42 Å². The number of benzene rings is 1. The number of nitrogens with zero attached hydrogens (tertiary/aromatic N) is 2. The van der Waals surface area contributed by atoms with Crippen molar-refractivity contribution in [2.45, 2.75) is 26.3 Å². The fourth-order valence-corrected chi connectivity index (χ4v) is 2.98. The first-order valence-corrected chi connectivity index (χ1v) is 9.36. The van der Waals surface area contributed by atoms with Crippen LogP contribution < -0.4 is 0 Å². The molecule has 0 saturated heterocycles. The lowest BCUT2D eigenvalue weighted by Gasteiger charge is -2.15. The number of furan rings is 1. The Labute approximate surface area is 168 Å². The molecule has 2 aromatic rings. The second-order valence-electron chi connectivity index (χ2n) is 6.78. The smallest absolute Gasteiger partial charge is 0.338 e. The topological polar surface area (TPSA) is 97.1 Å². The molecule has 0 N–H and O–H groups in total. The van der Waals surface area contributed by atoms with Crippen LogP contribution >= 0.6 is 0 Å². The number of unbranched alkanes of at least 4 members (excludes halogenated alkanes) is 1. The van der Waals surface area contributed by atoms with Gasteiger partial charge in [-0.2, -0.15) is 0 Å². The summed E-state index contributed by atoms with van der Waals surface area (Å²) in [7, 11) is 1.57. The maximum atomic E-state index is 12.5. The molecule has 2 heterocycles. The number of hydrogen-bond donors (Lipinski definition) is 0. The third-order valence-corrected chi connectivity index (χ3v) is 4.67. The van der Waals surface area contributed by atoms with Crippen molar-refractivity contribution < 1.29 is 28.3 Å². The van der Waals surface area contributed by atoms with E-state index in [0.29, 0.717) is 18.7 Å². The van der Waals surface area contributed by atoms with Crippen molar-refractivity contribution in [1.29, 1.82) is 0 Å². The van der Waals surface area contributed by atoms with Gasteiger partial charge in [-0.25, -0.2) is 4.79 Å². The van der Waals surface area contributed by atoms with Gasteiger partial charge in [0, 0.05) is 13.6 Å². The monoisotopic (exact) mass is 398 g/mol. The molecule has 8 nitrogen and oxygen atoms in total. The number of fused-ring (bicyclic) bond motifs is 1. The Hall–Kier alpha value is -3.42. The maximum absolute atomic E-state index is 12.5. The maximum Gasteiger partial charge on any atom is 0.338 e. The number of ether oxygens (including phenoxy) is 1. The third-order valence-electron chi connectivity index (χ3n) is 4.67. The Balaban J connectivity index is 1.61. The fourth-order valence-electron chi connectivity index (χ4n) is 2.98. The summed E-state index contributed by atoms with van der Waals surface area (Å²) in [6.45, 7) is 2.13. The first-order valence-electron chi connectivity index (χ1n) is 9.36. The van der Waals surface area contributed by atoms with E-state index in [1.165, 1.54) is 34.3 Å².